The number of halogens is 1. The maximum atomic E-state index is 14.7. The summed E-state index contributed by atoms with van der Waals surface area (Å²) >= 11 is 0. The molecule has 0 bridgehead atoms. The molecule has 2 aromatic carbocycles. The monoisotopic (exact) mass is 323 g/mol. The molecule has 0 spiro atoms. The van der Waals surface area contributed by atoms with E-state index in [1.165, 1.54) is 7.11 Å². The first-order valence-electron chi connectivity index (χ1n) is 7.81. The molecular formula is C19H18FN3O. The lowest BCUT2D eigenvalue weighted by molar-refractivity contribution is 0.351. The number of anilines is 1. The number of pyridine rings is 1. The number of hydrogen-bond donors (Lipinski definition) is 1. The summed E-state index contributed by atoms with van der Waals surface area (Å²) in [5, 5.41) is 0.865. The number of rotatable bonds is 2. The number of nitrogens with two attached hydrogens (primary N) is 1. The molecule has 1 aromatic heterocycles. The Kier molecular flexibility index (Phi) is 3.39. The van der Waals surface area contributed by atoms with Gasteiger partial charge in [0.1, 0.15) is 0 Å². The smallest absolute Gasteiger partial charge is 0.172 e. The minimum Gasteiger partial charge on any atom is -0.494 e. The third-order valence-electron chi connectivity index (χ3n) is 4.57. The van der Waals surface area contributed by atoms with Gasteiger partial charge in [-0.15, -0.1) is 0 Å². The fraction of sp³-hybridized carbons (Fsp3) is 0.211. The molecule has 0 saturated heterocycles. The first-order valence-corrected chi connectivity index (χ1v) is 7.81. The van der Waals surface area contributed by atoms with E-state index < -0.39 is 0 Å². The van der Waals surface area contributed by atoms with Crippen molar-refractivity contribution in [2.75, 3.05) is 19.9 Å². The summed E-state index contributed by atoms with van der Waals surface area (Å²) in [7, 11) is 3.50. The molecule has 0 fully saturated rings. The van der Waals surface area contributed by atoms with Gasteiger partial charge in [-0.1, -0.05) is 30.3 Å². The van der Waals surface area contributed by atoms with Gasteiger partial charge in [0.2, 0.25) is 0 Å². The van der Waals surface area contributed by atoms with Crippen molar-refractivity contribution >= 4 is 16.6 Å². The summed E-state index contributed by atoms with van der Waals surface area (Å²) in [5.74, 6) is -0.163. The number of aromatic nitrogens is 1. The third-order valence-corrected chi connectivity index (χ3v) is 4.57. The highest BCUT2D eigenvalue weighted by Crippen LogP contribution is 2.38. The lowest BCUT2D eigenvalue weighted by Gasteiger charge is -2.13. The molecule has 2 N–H and O–H groups in total. The molecule has 1 aliphatic heterocycles. The van der Waals surface area contributed by atoms with Crippen LogP contribution in [0.2, 0.25) is 0 Å². The van der Waals surface area contributed by atoms with Gasteiger partial charge in [0.05, 0.1) is 18.3 Å². The minimum absolute atomic E-state index is 0.221. The SMILES string of the molecule is COc1cccc(-c2cccc3c(N)c4c(nc23)CN(C)C4)c1F. The minimum atomic E-state index is -0.384. The molecule has 0 aliphatic carbocycles. The van der Waals surface area contributed by atoms with E-state index in [1.807, 2.05) is 25.2 Å². The first kappa shape index (κ1) is 14.9. The van der Waals surface area contributed by atoms with E-state index in [0.717, 1.165) is 46.5 Å². The zero-order valence-electron chi connectivity index (χ0n) is 13.6. The van der Waals surface area contributed by atoms with E-state index in [-0.39, 0.29) is 11.6 Å². The lowest BCUT2D eigenvalue weighted by atomic mass is 9.98. The summed E-state index contributed by atoms with van der Waals surface area (Å²) in [6.45, 7) is 1.55. The van der Waals surface area contributed by atoms with Crippen LogP contribution in [-0.2, 0) is 13.1 Å². The molecule has 0 unspecified atom stereocenters. The highest BCUT2D eigenvalue weighted by Gasteiger charge is 2.23. The van der Waals surface area contributed by atoms with Crippen LogP contribution < -0.4 is 10.5 Å². The van der Waals surface area contributed by atoms with E-state index in [2.05, 4.69) is 4.90 Å². The van der Waals surface area contributed by atoms with Gasteiger partial charge in [-0.2, -0.15) is 0 Å². The molecular weight excluding hydrogens is 305 g/mol. The van der Waals surface area contributed by atoms with E-state index in [1.54, 1.807) is 18.2 Å². The van der Waals surface area contributed by atoms with Gasteiger partial charge in [0, 0.05) is 40.9 Å². The number of ether oxygens (including phenoxy) is 1. The Bertz CT molecular complexity index is 955. The van der Waals surface area contributed by atoms with Crippen molar-refractivity contribution in [2.24, 2.45) is 0 Å². The number of benzene rings is 2. The van der Waals surface area contributed by atoms with Crippen molar-refractivity contribution in [3.05, 3.63) is 53.5 Å². The van der Waals surface area contributed by atoms with Crippen molar-refractivity contribution in [3.8, 4) is 16.9 Å². The van der Waals surface area contributed by atoms with Crippen LogP contribution in [0.4, 0.5) is 10.1 Å². The quantitative estimate of drug-likeness (QED) is 0.783. The largest absolute Gasteiger partial charge is 0.494 e. The maximum Gasteiger partial charge on any atom is 0.172 e. The molecule has 2 heterocycles. The van der Waals surface area contributed by atoms with Crippen molar-refractivity contribution < 1.29 is 9.13 Å². The van der Waals surface area contributed by atoms with Crippen LogP contribution in [0.5, 0.6) is 5.75 Å². The van der Waals surface area contributed by atoms with E-state index in [0.29, 0.717) is 5.56 Å². The molecule has 0 saturated carbocycles. The van der Waals surface area contributed by atoms with Crippen LogP contribution in [0.25, 0.3) is 22.0 Å². The van der Waals surface area contributed by atoms with Gasteiger partial charge < -0.3 is 10.5 Å². The number of para-hydroxylation sites is 1. The number of hydrogen-bond acceptors (Lipinski definition) is 4. The van der Waals surface area contributed by atoms with Gasteiger partial charge >= 0.3 is 0 Å². The Labute approximate surface area is 139 Å². The fourth-order valence-corrected chi connectivity index (χ4v) is 3.38. The molecule has 4 nitrogen and oxygen atoms in total. The zero-order chi connectivity index (χ0) is 16.8. The molecule has 5 heteroatoms. The Morgan fingerprint density at radius 3 is 2.67 bits per heavy atom. The van der Waals surface area contributed by atoms with Crippen LogP contribution >= 0.6 is 0 Å². The van der Waals surface area contributed by atoms with Crippen molar-refractivity contribution in [1.29, 1.82) is 0 Å². The molecule has 4 rings (SSSR count). The second-order valence-corrected chi connectivity index (χ2v) is 6.15. The topological polar surface area (TPSA) is 51.4 Å². The molecule has 0 amide bonds. The predicted octanol–water partition coefficient (Wildman–Crippen LogP) is 3.58. The number of nitrogen functional groups attached to an aromatic ring is 1. The second-order valence-electron chi connectivity index (χ2n) is 6.15. The Morgan fingerprint density at radius 2 is 1.88 bits per heavy atom. The summed E-state index contributed by atoms with van der Waals surface area (Å²) in [6.07, 6.45) is 0. The van der Waals surface area contributed by atoms with Crippen LogP contribution in [0, 0.1) is 5.82 Å². The lowest BCUT2D eigenvalue weighted by Crippen LogP contribution is -2.08. The van der Waals surface area contributed by atoms with Crippen LogP contribution in [0.1, 0.15) is 11.3 Å². The number of nitrogens with zero attached hydrogens (tertiary/aromatic N) is 2. The number of fused-ring (bicyclic) bond motifs is 2. The van der Waals surface area contributed by atoms with E-state index in [9.17, 15) is 4.39 Å². The highest BCUT2D eigenvalue weighted by atomic mass is 19.1. The van der Waals surface area contributed by atoms with Gasteiger partial charge in [-0.05, 0) is 13.1 Å². The maximum absolute atomic E-state index is 14.7. The summed E-state index contributed by atoms with van der Waals surface area (Å²) in [4.78, 5) is 6.98. The molecule has 0 atom stereocenters. The fourth-order valence-electron chi connectivity index (χ4n) is 3.38. The average molecular weight is 323 g/mol. The van der Waals surface area contributed by atoms with Crippen LogP contribution in [-0.4, -0.2) is 24.0 Å². The van der Waals surface area contributed by atoms with Gasteiger partial charge in [0.25, 0.3) is 0 Å². The normalized spacial score (nSPS) is 14.1. The van der Waals surface area contributed by atoms with Crippen molar-refractivity contribution in [3.63, 3.8) is 0 Å². The van der Waals surface area contributed by atoms with Crippen LogP contribution in [0.3, 0.4) is 0 Å². The summed E-state index contributed by atoms with van der Waals surface area (Å²) in [5.41, 5.74) is 11.1. The molecule has 122 valence electrons. The highest BCUT2D eigenvalue weighted by molar-refractivity contribution is 6.01. The Morgan fingerprint density at radius 1 is 1.12 bits per heavy atom. The van der Waals surface area contributed by atoms with Gasteiger partial charge in [-0.25, -0.2) is 4.39 Å². The Balaban J connectivity index is 2.02. The van der Waals surface area contributed by atoms with E-state index in [4.69, 9.17) is 15.5 Å². The van der Waals surface area contributed by atoms with E-state index >= 15 is 0 Å². The summed E-state index contributed by atoms with van der Waals surface area (Å²) < 4.78 is 19.8. The summed E-state index contributed by atoms with van der Waals surface area (Å²) in [6, 6.07) is 10.8. The third kappa shape index (κ3) is 2.12. The van der Waals surface area contributed by atoms with Crippen molar-refractivity contribution in [1.82, 2.24) is 9.88 Å². The molecule has 0 radical (unpaired) electrons. The zero-order valence-corrected chi connectivity index (χ0v) is 13.6. The van der Waals surface area contributed by atoms with Crippen LogP contribution in [0.15, 0.2) is 36.4 Å². The standard InChI is InChI=1S/C19H18FN3O/c1-23-9-14-15(10-23)22-19-12(6-3-7-13(19)18(14)21)11-5-4-8-16(24-2)17(11)20/h3-8H,9-10H2,1-2H3,(H2,21,22). The van der Waals surface area contributed by atoms with Crippen molar-refractivity contribution in [2.45, 2.75) is 13.1 Å². The van der Waals surface area contributed by atoms with Gasteiger partial charge in [-0.3, -0.25) is 9.88 Å². The molecule has 24 heavy (non-hydrogen) atoms. The molecule has 3 aromatic rings. The number of methoxy groups -OCH3 is 1. The average Bonchev–Trinajstić information content (AvgIpc) is 2.96. The first-order chi connectivity index (χ1) is 11.6. The second kappa shape index (κ2) is 5.46. The molecule has 1 aliphatic rings. The predicted molar refractivity (Wildman–Crippen MR) is 93.3 cm³/mol. The van der Waals surface area contributed by atoms with Gasteiger partial charge in [0.15, 0.2) is 11.6 Å². The Hall–Kier alpha value is -2.66.